The van der Waals surface area contributed by atoms with Crippen LogP contribution >= 0.6 is 0 Å². The molecule has 3 aromatic rings. The molecule has 0 saturated carbocycles. The molecule has 0 bridgehead atoms. The van der Waals surface area contributed by atoms with Crippen molar-refractivity contribution in [1.29, 1.82) is 0 Å². The Morgan fingerprint density at radius 3 is 1.94 bits per heavy atom. The van der Waals surface area contributed by atoms with Gasteiger partial charge in [0.05, 0.1) is 18.0 Å². The molecule has 8 heteroatoms. The average Bonchev–Trinajstić information content (AvgIpc) is 2.77. The second-order valence-electron chi connectivity index (χ2n) is 6.59. The number of para-hydroxylation sites is 2. The predicted molar refractivity (Wildman–Crippen MR) is 117 cm³/mol. The first-order valence-corrected chi connectivity index (χ1v) is 9.68. The van der Waals surface area contributed by atoms with E-state index < -0.39 is 29.0 Å². The standard InChI is InChI=1S/C24H20F2N2O4/c1-2-32-22-14-15(11-12-21(22)29)13-16(23(30)27-19-9-5-3-7-17(19)25)24(31)28-20-10-6-4-8-18(20)26/h3-14,29H,2H2,1H3,(H,27,30)(H,28,31). The lowest BCUT2D eigenvalue weighted by Crippen LogP contribution is -2.26. The van der Waals surface area contributed by atoms with Gasteiger partial charge in [-0.15, -0.1) is 0 Å². The minimum Gasteiger partial charge on any atom is -0.504 e. The number of halogens is 2. The van der Waals surface area contributed by atoms with Gasteiger partial charge in [0, 0.05) is 0 Å². The highest BCUT2D eigenvalue weighted by Crippen LogP contribution is 2.28. The Hall–Kier alpha value is -4.20. The summed E-state index contributed by atoms with van der Waals surface area (Å²) in [6.07, 6.45) is 1.23. The molecule has 0 aromatic heterocycles. The molecule has 0 aliphatic heterocycles. The maximum Gasteiger partial charge on any atom is 0.261 e. The van der Waals surface area contributed by atoms with E-state index in [1.165, 1.54) is 60.7 Å². The minimum atomic E-state index is -0.907. The number of phenols is 1. The number of aromatic hydroxyl groups is 1. The lowest BCUT2D eigenvalue weighted by Gasteiger charge is -2.12. The minimum absolute atomic E-state index is 0.114. The molecular formula is C24H20F2N2O4. The molecule has 0 radical (unpaired) electrons. The van der Waals surface area contributed by atoms with Gasteiger partial charge < -0.3 is 20.5 Å². The molecule has 0 saturated heterocycles. The SMILES string of the molecule is CCOc1cc(C=C(C(=O)Nc2ccccc2F)C(=O)Nc2ccccc2F)ccc1O. The molecular weight excluding hydrogens is 418 g/mol. The second kappa shape index (κ2) is 10.2. The van der Waals surface area contributed by atoms with E-state index in [1.54, 1.807) is 6.92 Å². The van der Waals surface area contributed by atoms with Crippen LogP contribution in [0.25, 0.3) is 6.08 Å². The molecule has 0 aliphatic rings. The highest BCUT2D eigenvalue weighted by Gasteiger charge is 2.21. The molecule has 0 unspecified atom stereocenters. The van der Waals surface area contributed by atoms with Gasteiger partial charge in [-0.1, -0.05) is 30.3 Å². The quantitative estimate of drug-likeness (QED) is 0.283. The van der Waals surface area contributed by atoms with Crippen molar-refractivity contribution in [3.05, 3.63) is 89.5 Å². The van der Waals surface area contributed by atoms with Gasteiger partial charge in [-0.2, -0.15) is 0 Å². The van der Waals surface area contributed by atoms with Crippen molar-refractivity contribution in [2.45, 2.75) is 6.92 Å². The molecule has 164 valence electrons. The second-order valence-corrected chi connectivity index (χ2v) is 6.59. The summed E-state index contributed by atoms with van der Waals surface area (Å²) >= 11 is 0. The van der Waals surface area contributed by atoms with E-state index in [0.717, 1.165) is 12.1 Å². The predicted octanol–water partition coefficient (Wildman–Crippen LogP) is 4.73. The van der Waals surface area contributed by atoms with Crippen LogP contribution in [0.1, 0.15) is 12.5 Å². The Labute approximate surface area is 183 Å². The lowest BCUT2D eigenvalue weighted by atomic mass is 10.1. The monoisotopic (exact) mass is 438 g/mol. The van der Waals surface area contributed by atoms with Crippen LogP contribution in [0.5, 0.6) is 11.5 Å². The Kier molecular flexibility index (Phi) is 7.17. The number of ether oxygens (including phenoxy) is 1. The van der Waals surface area contributed by atoms with Gasteiger partial charge in [0.25, 0.3) is 11.8 Å². The number of carbonyl (C=O) groups is 2. The van der Waals surface area contributed by atoms with Crippen LogP contribution in [0.3, 0.4) is 0 Å². The van der Waals surface area contributed by atoms with Gasteiger partial charge in [-0.25, -0.2) is 8.78 Å². The molecule has 0 atom stereocenters. The zero-order chi connectivity index (χ0) is 23.1. The number of hydrogen-bond acceptors (Lipinski definition) is 4. The Morgan fingerprint density at radius 2 is 1.44 bits per heavy atom. The molecule has 3 aromatic carbocycles. The average molecular weight is 438 g/mol. The molecule has 0 fully saturated rings. The summed E-state index contributed by atoms with van der Waals surface area (Å²) in [6, 6.07) is 15.2. The van der Waals surface area contributed by atoms with Gasteiger partial charge in [-0.3, -0.25) is 9.59 Å². The summed E-state index contributed by atoms with van der Waals surface area (Å²) in [5, 5.41) is 14.6. The van der Waals surface area contributed by atoms with Gasteiger partial charge >= 0.3 is 0 Å². The topological polar surface area (TPSA) is 87.7 Å². The molecule has 0 aliphatic carbocycles. The first-order chi connectivity index (χ1) is 15.4. The number of anilines is 2. The maximum absolute atomic E-state index is 14.0. The summed E-state index contributed by atoms with van der Waals surface area (Å²) in [7, 11) is 0. The third kappa shape index (κ3) is 5.48. The van der Waals surface area contributed by atoms with Crippen LogP contribution in [0.4, 0.5) is 20.2 Å². The van der Waals surface area contributed by atoms with Crippen LogP contribution in [-0.2, 0) is 9.59 Å². The van der Waals surface area contributed by atoms with Crippen LogP contribution < -0.4 is 15.4 Å². The van der Waals surface area contributed by atoms with E-state index in [9.17, 15) is 23.5 Å². The number of hydrogen-bond donors (Lipinski definition) is 3. The molecule has 3 N–H and O–H groups in total. The zero-order valence-electron chi connectivity index (χ0n) is 17.1. The van der Waals surface area contributed by atoms with Gasteiger partial charge in [-0.05, 0) is 55.0 Å². The van der Waals surface area contributed by atoms with Crippen molar-refractivity contribution >= 4 is 29.3 Å². The van der Waals surface area contributed by atoms with E-state index in [1.807, 2.05) is 0 Å². The largest absolute Gasteiger partial charge is 0.504 e. The summed E-state index contributed by atoms with van der Waals surface area (Å²) in [5.41, 5.74) is -0.302. The van der Waals surface area contributed by atoms with Crippen molar-refractivity contribution in [1.82, 2.24) is 0 Å². The first-order valence-electron chi connectivity index (χ1n) is 9.68. The zero-order valence-corrected chi connectivity index (χ0v) is 17.1. The lowest BCUT2D eigenvalue weighted by molar-refractivity contribution is -0.118. The third-order valence-corrected chi connectivity index (χ3v) is 4.33. The Balaban J connectivity index is 1.98. The number of carbonyl (C=O) groups excluding carboxylic acids is 2. The molecule has 0 spiro atoms. The van der Waals surface area contributed by atoms with Crippen LogP contribution in [0.2, 0.25) is 0 Å². The summed E-state index contributed by atoms with van der Waals surface area (Å²) in [5.74, 6) is -3.14. The molecule has 2 amide bonds. The van der Waals surface area contributed by atoms with Crippen molar-refractivity contribution in [2.75, 3.05) is 17.2 Å². The van der Waals surface area contributed by atoms with Gasteiger partial charge in [0.1, 0.15) is 17.2 Å². The normalized spacial score (nSPS) is 10.2. The number of rotatable bonds is 7. The summed E-state index contributed by atoms with van der Waals surface area (Å²) in [4.78, 5) is 25.8. The molecule has 32 heavy (non-hydrogen) atoms. The number of nitrogens with one attached hydrogen (secondary N) is 2. The van der Waals surface area contributed by atoms with Crippen molar-refractivity contribution < 1.29 is 28.2 Å². The van der Waals surface area contributed by atoms with Crippen LogP contribution in [0.15, 0.2) is 72.3 Å². The van der Waals surface area contributed by atoms with E-state index >= 15 is 0 Å². The van der Waals surface area contributed by atoms with Gasteiger partial charge in [0.15, 0.2) is 11.5 Å². The Bertz CT molecular complexity index is 1120. The summed E-state index contributed by atoms with van der Waals surface area (Å²) < 4.78 is 33.3. The Morgan fingerprint density at radius 1 is 0.906 bits per heavy atom. The maximum atomic E-state index is 14.0. The third-order valence-electron chi connectivity index (χ3n) is 4.33. The number of benzene rings is 3. The summed E-state index contributed by atoms with van der Waals surface area (Å²) in [6.45, 7) is 2.02. The smallest absolute Gasteiger partial charge is 0.261 e. The van der Waals surface area contributed by atoms with Crippen LogP contribution in [-0.4, -0.2) is 23.5 Å². The molecule has 6 nitrogen and oxygen atoms in total. The fourth-order valence-corrected chi connectivity index (χ4v) is 2.80. The highest BCUT2D eigenvalue weighted by atomic mass is 19.1. The van der Waals surface area contributed by atoms with Crippen molar-refractivity contribution in [3.8, 4) is 11.5 Å². The fourth-order valence-electron chi connectivity index (χ4n) is 2.80. The molecule has 0 heterocycles. The molecule has 3 rings (SSSR count). The van der Waals surface area contributed by atoms with Crippen molar-refractivity contribution in [3.63, 3.8) is 0 Å². The number of amides is 2. The van der Waals surface area contributed by atoms with Gasteiger partial charge in [0.2, 0.25) is 0 Å². The number of phenolic OH excluding ortho intramolecular Hbond substituents is 1. The van der Waals surface area contributed by atoms with E-state index in [-0.39, 0.29) is 29.5 Å². The first kappa shape index (κ1) is 22.5. The fraction of sp³-hybridized carbons (Fsp3) is 0.0833. The van der Waals surface area contributed by atoms with Crippen molar-refractivity contribution in [2.24, 2.45) is 0 Å². The van der Waals surface area contributed by atoms with E-state index in [4.69, 9.17) is 4.74 Å². The van der Waals surface area contributed by atoms with E-state index in [2.05, 4.69) is 10.6 Å². The van der Waals surface area contributed by atoms with E-state index in [0.29, 0.717) is 5.56 Å². The highest BCUT2D eigenvalue weighted by molar-refractivity contribution is 6.28. The van der Waals surface area contributed by atoms with Crippen LogP contribution in [0, 0.1) is 11.6 Å².